The minimum absolute atomic E-state index is 0.146. The summed E-state index contributed by atoms with van der Waals surface area (Å²) in [6.07, 6.45) is 9.11. The number of halogens is 1. The van der Waals surface area contributed by atoms with Gasteiger partial charge in [0.2, 0.25) is 0 Å². The van der Waals surface area contributed by atoms with Crippen molar-refractivity contribution in [3.63, 3.8) is 0 Å². The van der Waals surface area contributed by atoms with E-state index in [-0.39, 0.29) is 17.2 Å². The first-order valence-corrected chi connectivity index (χ1v) is 21.2. The lowest BCUT2D eigenvalue weighted by atomic mass is 9.80. The quantitative estimate of drug-likeness (QED) is 0.161. The molecule has 9 rings (SSSR count). The highest BCUT2D eigenvalue weighted by atomic mass is 35.5. The number of imidazole rings is 2. The molecular weight excluding hydrogens is 756 g/mol. The Kier molecular flexibility index (Phi) is 10.2. The zero-order valence-corrected chi connectivity index (χ0v) is 34.5. The number of nitrogens with one attached hydrogen (secondary N) is 2. The number of fused-ring (bicyclic) bond motifs is 4. The molecule has 0 unspecified atom stereocenters. The summed E-state index contributed by atoms with van der Waals surface area (Å²) in [4.78, 5) is 54.1. The molecule has 5 aliphatic rings. The van der Waals surface area contributed by atoms with Crippen molar-refractivity contribution in [3.8, 4) is 11.1 Å². The molecule has 2 aliphatic carbocycles. The van der Waals surface area contributed by atoms with Gasteiger partial charge in [-0.05, 0) is 93.5 Å². The molecule has 1 saturated heterocycles. The van der Waals surface area contributed by atoms with E-state index in [1.807, 2.05) is 60.5 Å². The van der Waals surface area contributed by atoms with E-state index in [4.69, 9.17) is 26.3 Å². The number of carboxylic acids is 1. The van der Waals surface area contributed by atoms with Gasteiger partial charge in [0.15, 0.2) is 11.6 Å². The van der Waals surface area contributed by atoms with Crippen molar-refractivity contribution in [2.45, 2.75) is 90.3 Å². The van der Waals surface area contributed by atoms with Gasteiger partial charge in [-0.2, -0.15) is 0 Å². The number of ether oxygens (including phenoxy) is 1. The number of carbonyl (C=O) groups excluding carboxylic acids is 2. The van der Waals surface area contributed by atoms with E-state index in [2.05, 4.69) is 20.4 Å². The van der Waals surface area contributed by atoms with E-state index >= 15 is 0 Å². The maximum atomic E-state index is 13.8. The second-order valence-electron chi connectivity index (χ2n) is 17.4. The van der Waals surface area contributed by atoms with Crippen LogP contribution >= 0.6 is 11.6 Å². The van der Waals surface area contributed by atoms with Crippen LogP contribution in [-0.2, 0) is 49.6 Å². The van der Waals surface area contributed by atoms with Gasteiger partial charge < -0.3 is 29.6 Å². The van der Waals surface area contributed by atoms with Gasteiger partial charge >= 0.3 is 5.97 Å². The van der Waals surface area contributed by atoms with Gasteiger partial charge in [0.1, 0.15) is 0 Å². The van der Waals surface area contributed by atoms with Gasteiger partial charge in [-0.15, -0.1) is 0 Å². The van der Waals surface area contributed by atoms with Crippen molar-refractivity contribution in [2.75, 3.05) is 43.5 Å². The van der Waals surface area contributed by atoms with Crippen LogP contribution in [-0.4, -0.2) is 90.7 Å². The van der Waals surface area contributed by atoms with Gasteiger partial charge in [0, 0.05) is 95.0 Å². The molecule has 3 fully saturated rings. The number of nitrogens with zero attached hydrogens (tertiary/aromatic N) is 6. The number of aromatic nitrogens is 4. The van der Waals surface area contributed by atoms with E-state index in [0.717, 1.165) is 143 Å². The zero-order valence-electron chi connectivity index (χ0n) is 33.7. The summed E-state index contributed by atoms with van der Waals surface area (Å²) < 4.78 is 9.39. The first-order chi connectivity index (χ1) is 27.9. The molecule has 306 valence electrons. The van der Waals surface area contributed by atoms with Crippen molar-refractivity contribution in [1.82, 2.24) is 28.9 Å². The van der Waals surface area contributed by atoms with E-state index < -0.39 is 11.4 Å². The van der Waals surface area contributed by atoms with E-state index in [9.17, 15) is 19.5 Å². The highest BCUT2D eigenvalue weighted by Gasteiger charge is 2.57. The van der Waals surface area contributed by atoms with E-state index in [1.165, 1.54) is 0 Å². The fourth-order valence-corrected chi connectivity index (χ4v) is 11.0. The Morgan fingerprint density at radius 1 is 0.845 bits per heavy atom. The molecule has 2 amide bonds. The molecule has 58 heavy (non-hydrogen) atoms. The van der Waals surface area contributed by atoms with Crippen molar-refractivity contribution in [3.05, 3.63) is 81.4 Å². The van der Waals surface area contributed by atoms with Crippen LogP contribution in [0.3, 0.4) is 0 Å². The topological polar surface area (TPSA) is 147 Å². The molecule has 0 atom stereocenters. The molecular formula is C44H53ClN8O5. The molecule has 3 N–H and O–H groups in total. The van der Waals surface area contributed by atoms with Gasteiger partial charge in [-0.3, -0.25) is 24.2 Å². The van der Waals surface area contributed by atoms with Gasteiger partial charge in [0.05, 0.1) is 27.5 Å². The molecule has 13 nitrogen and oxygen atoms in total. The number of hydrogen-bond acceptors (Lipinski definition) is 8. The average Bonchev–Trinajstić information content (AvgIpc) is 3.99. The summed E-state index contributed by atoms with van der Waals surface area (Å²) in [5.41, 5.74) is 7.21. The molecule has 0 radical (unpaired) electrons. The first-order valence-electron chi connectivity index (χ1n) is 20.8. The highest BCUT2D eigenvalue weighted by Crippen LogP contribution is 2.63. The average molecular weight is 809 g/mol. The summed E-state index contributed by atoms with van der Waals surface area (Å²) in [7, 11) is 3.81. The third-order valence-electron chi connectivity index (χ3n) is 14.2. The Morgan fingerprint density at radius 3 is 2.10 bits per heavy atom. The van der Waals surface area contributed by atoms with Crippen LogP contribution in [0.1, 0.15) is 101 Å². The van der Waals surface area contributed by atoms with Crippen LogP contribution in [0.2, 0.25) is 5.02 Å². The van der Waals surface area contributed by atoms with Gasteiger partial charge in [0.25, 0.3) is 11.8 Å². The Bertz CT molecular complexity index is 2280. The van der Waals surface area contributed by atoms with E-state index in [0.29, 0.717) is 40.6 Å². The van der Waals surface area contributed by atoms with Crippen molar-refractivity contribution < 1.29 is 24.2 Å². The second-order valence-corrected chi connectivity index (χ2v) is 17.8. The number of carboxylic acid groups (broad SMARTS) is 1. The molecule has 2 aromatic carbocycles. The fraction of sp³-hybridized carbons (Fsp3) is 0.523. The molecule has 14 heteroatoms. The standard InChI is InChI=1S/C44H53ClN8O5/c1-27-29(30-7-5-9-32(37(30)45)49-41(55)39-47-34-25-53(20-11-36(34)51(39)3)28-12-22-58-23-13-28)6-4-8-31(27)48-40(54)38-46-33-24-52(19-10-35(33)50(38)2)21-18-43-14-16-44(26-43,17-15-43)42(56)57/h4-9,28H,10-26H2,1-3H3,(H,48,54)(H,49,55)(H,56,57). The molecule has 5 heterocycles. The van der Waals surface area contributed by atoms with Crippen LogP contribution in [0.5, 0.6) is 0 Å². The summed E-state index contributed by atoms with van der Waals surface area (Å²) in [5, 5.41) is 16.4. The van der Waals surface area contributed by atoms with Crippen molar-refractivity contribution in [2.24, 2.45) is 24.9 Å². The fourth-order valence-electron chi connectivity index (χ4n) is 10.7. The molecule has 2 saturated carbocycles. The molecule has 2 aromatic heterocycles. The van der Waals surface area contributed by atoms with Crippen LogP contribution in [0.4, 0.5) is 11.4 Å². The summed E-state index contributed by atoms with van der Waals surface area (Å²) in [6, 6.07) is 11.8. The maximum absolute atomic E-state index is 13.8. The Balaban J connectivity index is 0.863. The summed E-state index contributed by atoms with van der Waals surface area (Å²) in [5.74, 6) is -0.502. The smallest absolute Gasteiger partial charge is 0.309 e. The molecule has 2 bridgehead atoms. The predicted molar refractivity (Wildman–Crippen MR) is 221 cm³/mol. The lowest BCUT2D eigenvalue weighted by Gasteiger charge is -2.36. The molecule has 3 aliphatic heterocycles. The lowest BCUT2D eigenvalue weighted by molar-refractivity contribution is -0.148. The van der Waals surface area contributed by atoms with E-state index in [1.54, 1.807) is 6.07 Å². The van der Waals surface area contributed by atoms with Crippen molar-refractivity contribution >= 4 is 40.8 Å². The molecule has 4 aromatic rings. The Morgan fingerprint density at radius 2 is 1.45 bits per heavy atom. The number of carbonyl (C=O) groups is 3. The predicted octanol–water partition coefficient (Wildman–Crippen LogP) is 6.61. The van der Waals surface area contributed by atoms with Crippen LogP contribution in [0, 0.1) is 17.8 Å². The third-order valence-corrected chi connectivity index (χ3v) is 14.7. The largest absolute Gasteiger partial charge is 0.481 e. The second kappa shape index (κ2) is 15.2. The van der Waals surface area contributed by atoms with Crippen molar-refractivity contribution in [1.29, 1.82) is 0 Å². The summed E-state index contributed by atoms with van der Waals surface area (Å²) in [6.45, 7) is 7.66. The minimum atomic E-state index is -0.619. The summed E-state index contributed by atoms with van der Waals surface area (Å²) >= 11 is 7.05. The number of anilines is 2. The number of rotatable bonds is 10. The minimum Gasteiger partial charge on any atom is -0.481 e. The Labute approximate surface area is 344 Å². The van der Waals surface area contributed by atoms with Crippen LogP contribution in [0.15, 0.2) is 36.4 Å². The SMILES string of the molecule is Cc1c(NC(=O)c2nc3c(n2C)CCN(CCC24CCC(C(=O)O)(CC2)C4)C3)cccc1-c1cccc(NC(=O)c2nc3c(n2C)CCN(C2CCOCC2)C3)c1Cl. The Hall–Kier alpha value is -4.56. The monoisotopic (exact) mass is 808 g/mol. The number of benzene rings is 2. The zero-order chi connectivity index (χ0) is 40.3. The van der Waals surface area contributed by atoms with Crippen LogP contribution in [0.25, 0.3) is 11.1 Å². The lowest BCUT2D eigenvalue weighted by Crippen LogP contribution is -2.42. The van der Waals surface area contributed by atoms with Crippen LogP contribution < -0.4 is 10.6 Å². The first kappa shape index (κ1) is 38.9. The van der Waals surface area contributed by atoms with Gasteiger partial charge in [-0.25, -0.2) is 9.97 Å². The van der Waals surface area contributed by atoms with Gasteiger partial charge in [-0.1, -0.05) is 35.9 Å². The molecule has 0 spiro atoms. The normalized spacial score (nSPS) is 23.4. The maximum Gasteiger partial charge on any atom is 0.309 e. The highest BCUT2D eigenvalue weighted by molar-refractivity contribution is 6.36. The third kappa shape index (κ3) is 6.93. The number of amides is 2. The number of aliphatic carboxylic acids is 1. The number of hydrogen-bond donors (Lipinski definition) is 3.